The maximum atomic E-state index is 12.5. The Morgan fingerprint density at radius 1 is 1.48 bits per heavy atom. The summed E-state index contributed by atoms with van der Waals surface area (Å²) >= 11 is 0. The molecule has 0 spiro atoms. The molecule has 0 aromatic heterocycles. The van der Waals surface area contributed by atoms with Gasteiger partial charge in [-0.3, -0.25) is 4.79 Å². The molecule has 0 bridgehead atoms. The monoisotopic (exact) mass is 322 g/mol. The van der Waals surface area contributed by atoms with Crippen LogP contribution >= 0.6 is 0 Å². The first-order chi connectivity index (χ1) is 10.7. The molecule has 23 heavy (non-hydrogen) atoms. The van der Waals surface area contributed by atoms with Crippen molar-refractivity contribution in [3.63, 3.8) is 0 Å². The number of likely N-dealkylation sites (tertiary alicyclic amines) is 1. The van der Waals surface area contributed by atoms with Crippen molar-refractivity contribution < 1.29 is 4.79 Å². The maximum Gasteiger partial charge on any atom is 0.238 e. The number of hydrogen-bond acceptors (Lipinski definition) is 4. The first kappa shape index (κ1) is 19.9. The highest BCUT2D eigenvalue weighted by Crippen LogP contribution is 2.29. The molecule has 1 aliphatic rings. The van der Waals surface area contributed by atoms with E-state index in [1.807, 2.05) is 0 Å². The number of nitrogens with one attached hydrogen (secondary N) is 1. The van der Waals surface area contributed by atoms with Gasteiger partial charge in [-0.2, -0.15) is 5.26 Å². The number of amides is 1. The Morgan fingerprint density at radius 2 is 2.13 bits per heavy atom. The molecular formula is C18H34N4O. The Bertz CT molecular complexity index is 437. The Hall–Kier alpha value is -1.12. The van der Waals surface area contributed by atoms with E-state index in [1.54, 1.807) is 0 Å². The summed E-state index contributed by atoms with van der Waals surface area (Å²) in [6.45, 7) is 12.4. The van der Waals surface area contributed by atoms with Crippen molar-refractivity contribution >= 4 is 5.91 Å². The van der Waals surface area contributed by atoms with Crippen LogP contribution in [0.25, 0.3) is 0 Å². The van der Waals surface area contributed by atoms with Crippen LogP contribution in [-0.4, -0.2) is 41.5 Å². The van der Waals surface area contributed by atoms with Gasteiger partial charge in [0.15, 0.2) is 0 Å². The van der Waals surface area contributed by atoms with Crippen molar-refractivity contribution in [1.82, 2.24) is 10.2 Å². The lowest BCUT2D eigenvalue weighted by molar-refractivity contribution is -0.125. The van der Waals surface area contributed by atoms with E-state index in [1.165, 1.54) is 0 Å². The summed E-state index contributed by atoms with van der Waals surface area (Å²) in [5, 5.41) is 12.7. The van der Waals surface area contributed by atoms with E-state index in [9.17, 15) is 10.1 Å². The van der Waals surface area contributed by atoms with Crippen molar-refractivity contribution in [2.45, 2.75) is 84.3 Å². The number of nitrogens with two attached hydrogens (primary N) is 1. The molecule has 0 aliphatic carbocycles. The largest absolute Gasteiger partial charge is 0.336 e. The van der Waals surface area contributed by atoms with Gasteiger partial charge in [-0.1, -0.05) is 34.6 Å². The molecule has 5 nitrogen and oxygen atoms in total. The summed E-state index contributed by atoms with van der Waals surface area (Å²) < 4.78 is 0. The third-order valence-corrected chi connectivity index (χ3v) is 4.65. The van der Waals surface area contributed by atoms with Crippen LogP contribution in [0.1, 0.15) is 66.7 Å². The molecule has 1 amide bonds. The number of nitrogens with zero attached hydrogens (tertiary/aromatic N) is 2. The molecule has 1 rings (SSSR count). The van der Waals surface area contributed by atoms with Crippen molar-refractivity contribution in [1.29, 1.82) is 5.26 Å². The minimum absolute atomic E-state index is 0.00694. The fourth-order valence-electron chi connectivity index (χ4n) is 3.46. The van der Waals surface area contributed by atoms with Gasteiger partial charge in [-0.05, 0) is 44.1 Å². The number of piperidine rings is 1. The Kier molecular flexibility index (Phi) is 7.03. The number of rotatable bonds is 6. The summed E-state index contributed by atoms with van der Waals surface area (Å²) in [5.41, 5.74) is 5.27. The zero-order valence-corrected chi connectivity index (χ0v) is 15.5. The predicted octanol–water partition coefficient (Wildman–Crippen LogP) is 2.41. The highest BCUT2D eigenvalue weighted by molar-refractivity contribution is 5.82. The molecule has 1 aliphatic heterocycles. The minimum atomic E-state index is -0.766. The van der Waals surface area contributed by atoms with Gasteiger partial charge in [0.1, 0.15) is 5.54 Å². The van der Waals surface area contributed by atoms with Gasteiger partial charge in [0.2, 0.25) is 5.91 Å². The van der Waals surface area contributed by atoms with E-state index in [2.05, 4.69) is 50.9 Å². The van der Waals surface area contributed by atoms with Gasteiger partial charge in [-0.25, -0.2) is 0 Å². The smallest absolute Gasteiger partial charge is 0.238 e. The second kappa shape index (κ2) is 8.12. The number of carbonyl (C=O) groups excluding carboxylic acids is 1. The molecule has 0 aromatic rings. The molecule has 0 saturated carbocycles. The van der Waals surface area contributed by atoms with Crippen LogP contribution in [0.15, 0.2) is 0 Å². The maximum absolute atomic E-state index is 12.5. The van der Waals surface area contributed by atoms with Gasteiger partial charge in [-0.15, -0.1) is 0 Å². The van der Waals surface area contributed by atoms with Crippen molar-refractivity contribution in [2.24, 2.45) is 11.1 Å². The molecule has 1 heterocycles. The third-order valence-electron chi connectivity index (χ3n) is 4.65. The van der Waals surface area contributed by atoms with E-state index in [0.717, 1.165) is 25.9 Å². The molecule has 5 heteroatoms. The average molecular weight is 322 g/mol. The average Bonchev–Trinajstić information content (AvgIpc) is 2.47. The number of hydrogen-bond donors (Lipinski definition) is 2. The molecule has 0 radical (unpaired) electrons. The molecule has 3 N–H and O–H groups in total. The van der Waals surface area contributed by atoms with Crippen LogP contribution in [0.4, 0.5) is 0 Å². The molecule has 0 aromatic carbocycles. The van der Waals surface area contributed by atoms with Crippen molar-refractivity contribution in [2.75, 3.05) is 13.1 Å². The summed E-state index contributed by atoms with van der Waals surface area (Å²) in [6, 6.07) is 2.17. The number of nitriles is 1. The van der Waals surface area contributed by atoms with Crippen LogP contribution in [0.2, 0.25) is 0 Å². The highest BCUT2D eigenvalue weighted by Gasteiger charge is 2.41. The van der Waals surface area contributed by atoms with Crippen LogP contribution in [0.3, 0.4) is 0 Å². The SMILES string of the molecule is CCCN1CCC(C#N)(NC(=O)C(N)CC(C)(C)C)CC1CC. The summed E-state index contributed by atoms with van der Waals surface area (Å²) in [6.07, 6.45) is 4.08. The van der Waals surface area contributed by atoms with Crippen LogP contribution in [0.5, 0.6) is 0 Å². The fraction of sp³-hybridized carbons (Fsp3) is 0.889. The van der Waals surface area contributed by atoms with E-state index in [-0.39, 0.29) is 11.3 Å². The molecular weight excluding hydrogens is 288 g/mol. The van der Waals surface area contributed by atoms with Gasteiger partial charge in [0.05, 0.1) is 12.1 Å². The molecule has 1 saturated heterocycles. The van der Waals surface area contributed by atoms with Crippen molar-refractivity contribution in [3.8, 4) is 6.07 Å². The van der Waals surface area contributed by atoms with Crippen LogP contribution in [-0.2, 0) is 4.79 Å². The van der Waals surface area contributed by atoms with Gasteiger partial charge in [0, 0.05) is 12.6 Å². The van der Waals surface area contributed by atoms with Crippen molar-refractivity contribution in [3.05, 3.63) is 0 Å². The zero-order chi connectivity index (χ0) is 17.7. The lowest BCUT2D eigenvalue weighted by Gasteiger charge is -2.43. The second-order valence-corrected chi connectivity index (χ2v) is 8.11. The first-order valence-corrected chi connectivity index (χ1v) is 8.89. The van der Waals surface area contributed by atoms with Gasteiger partial charge < -0.3 is 16.0 Å². The predicted molar refractivity (Wildman–Crippen MR) is 93.7 cm³/mol. The van der Waals surface area contributed by atoms with E-state index >= 15 is 0 Å². The lowest BCUT2D eigenvalue weighted by atomic mass is 9.82. The number of carbonyl (C=O) groups is 1. The van der Waals surface area contributed by atoms with Gasteiger partial charge >= 0.3 is 0 Å². The second-order valence-electron chi connectivity index (χ2n) is 8.11. The molecule has 3 unspecified atom stereocenters. The lowest BCUT2D eigenvalue weighted by Crippen LogP contribution is -2.60. The zero-order valence-electron chi connectivity index (χ0n) is 15.5. The van der Waals surface area contributed by atoms with Gasteiger partial charge in [0.25, 0.3) is 0 Å². The van der Waals surface area contributed by atoms with E-state index in [0.29, 0.717) is 25.3 Å². The Morgan fingerprint density at radius 3 is 2.61 bits per heavy atom. The Labute approximate surface area is 141 Å². The quantitative estimate of drug-likeness (QED) is 0.787. The van der Waals surface area contributed by atoms with E-state index in [4.69, 9.17) is 5.73 Å². The minimum Gasteiger partial charge on any atom is -0.336 e. The first-order valence-electron chi connectivity index (χ1n) is 8.89. The fourth-order valence-corrected chi connectivity index (χ4v) is 3.46. The third kappa shape index (κ3) is 5.78. The molecule has 1 fully saturated rings. The summed E-state index contributed by atoms with van der Waals surface area (Å²) in [7, 11) is 0. The van der Waals surface area contributed by atoms with Crippen LogP contribution < -0.4 is 11.1 Å². The normalized spacial score (nSPS) is 27.3. The van der Waals surface area contributed by atoms with E-state index < -0.39 is 11.6 Å². The van der Waals surface area contributed by atoms with Crippen LogP contribution in [0, 0.1) is 16.7 Å². The molecule has 3 atom stereocenters. The molecule has 132 valence electrons. The highest BCUT2D eigenvalue weighted by atomic mass is 16.2. The summed E-state index contributed by atoms with van der Waals surface area (Å²) in [5.74, 6) is -0.194. The Balaban J connectivity index is 2.76. The summed E-state index contributed by atoms with van der Waals surface area (Å²) in [4.78, 5) is 14.9. The topological polar surface area (TPSA) is 82.2 Å². The standard InChI is InChI=1S/C18H34N4O/c1-6-9-22-10-8-18(13-19,11-14(22)7-2)21-16(23)15(20)12-17(3,4)5/h14-15H,6-12,20H2,1-5H3,(H,21,23).